The van der Waals surface area contributed by atoms with Crippen LogP contribution in [0.15, 0.2) is 12.3 Å². The molecule has 0 aliphatic heterocycles. The van der Waals surface area contributed by atoms with E-state index in [0.717, 1.165) is 4.68 Å². The molecule has 2 rings (SSSR count). The maximum atomic E-state index is 13.3. The second kappa shape index (κ2) is 3.79. The van der Waals surface area contributed by atoms with Crippen LogP contribution in [-0.4, -0.2) is 14.8 Å². The molecule has 0 atom stereocenters. The molecule has 2 aromatic heterocycles. The quantitative estimate of drug-likeness (QED) is 0.726. The maximum Gasteiger partial charge on any atom is 0.251 e. The molecule has 0 N–H and O–H groups in total. The zero-order valence-electron chi connectivity index (χ0n) is 8.01. The topological polar surface area (TPSA) is 30.7 Å². The number of rotatable bonds is 1. The molecule has 0 spiro atoms. The van der Waals surface area contributed by atoms with E-state index in [2.05, 4.69) is 10.1 Å². The molecule has 16 heavy (non-hydrogen) atoms. The second-order valence-electron chi connectivity index (χ2n) is 3.07. The Hall–Kier alpha value is -1.56. The Balaban J connectivity index is 2.60. The Morgan fingerprint density at radius 3 is 2.50 bits per heavy atom. The fourth-order valence-electron chi connectivity index (χ4n) is 1.14. The number of hydrogen-bond acceptors (Lipinski definition) is 2. The van der Waals surface area contributed by atoms with E-state index in [4.69, 9.17) is 11.6 Å². The van der Waals surface area contributed by atoms with Crippen LogP contribution in [0.2, 0.25) is 5.02 Å². The smallest absolute Gasteiger partial charge is 0.218 e. The first-order chi connectivity index (χ1) is 7.49. The largest absolute Gasteiger partial charge is 0.251 e. The Kier molecular flexibility index (Phi) is 2.59. The van der Waals surface area contributed by atoms with Crippen molar-refractivity contribution in [2.24, 2.45) is 0 Å². The highest BCUT2D eigenvalue weighted by molar-refractivity contribution is 6.31. The summed E-state index contributed by atoms with van der Waals surface area (Å²) in [5.41, 5.74) is 0.438. The molecule has 0 aliphatic rings. The number of nitrogens with zero attached hydrogens (tertiary/aromatic N) is 3. The van der Waals surface area contributed by atoms with Crippen LogP contribution >= 0.6 is 11.6 Å². The van der Waals surface area contributed by atoms with Gasteiger partial charge in [-0.3, -0.25) is 0 Å². The summed E-state index contributed by atoms with van der Waals surface area (Å²) in [6.45, 7) is 1.59. The van der Waals surface area contributed by atoms with Crippen LogP contribution in [0, 0.1) is 24.5 Å². The summed E-state index contributed by atoms with van der Waals surface area (Å²) in [5.74, 6) is -4.19. The van der Waals surface area contributed by atoms with Gasteiger partial charge in [-0.25, -0.2) is 13.5 Å². The summed E-state index contributed by atoms with van der Waals surface area (Å²) in [7, 11) is 0. The van der Waals surface area contributed by atoms with Gasteiger partial charge < -0.3 is 0 Å². The fraction of sp³-hybridized carbons (Fsp3) is 0.111. The number of halogens is 4. The van der Waals surface area contributed by atoms with Gasteiger partial charge in [-0.1, -0.05) is 11.6 Å². The highest BCUT2D eigenvalue weighted by atomic mass is 35.5. The van der Waals surface area contributed by atoms with Crippen molar-refractivity contribution in [2.75, 3.05) is 0 Å². The molecule has 2 heterocycles. The third-order valence-electron chi connectivity index (χ3n) is 1.92. The van der Waals surface area contributed by atoms with Crippen molar-refractivity contribution in [1.29, 1.82) is 0 Å². The third-order valence-corrected chi connectivity index (χ3v) is 2.30. The van der Waals surface area contributed by atoms with E-state index < -0.39 is 23.4 Å². The van der Waals surface area contributed by atoms with Crippen molar-refractivity contribution < 1.29 is 13.2 Å². The van der Waals surface area contributed by atoms with Crippen LogP contribution in [0.4, 0.5) is 13.2 Å². The third kappa shape index (κ3) is 1.76. The molecule has 0 aromatic carbocycles. The molecular formula is C9H5ClF3N3. The van der Waals surface area contributed by atoms with Gasteiger partial charge in [0, 0.05) is 6.07 Å². The van der Waals surface area contributed by atoms with E-state index in [1.165, 1.54) is 6.20 Å². The molecule has 0 unspecified atom stereocenters. The van der Waals surface area contributed by atoms with Crippen LogP contribution < -0.4 is 0 Å². The van der Waals surface area contributed by atoms with E-state index in [1.807, 2.05) is 0 Å². The van der Waals surface area contributed by atoms with Crippen molar-refractivity contribution in [2.45, 2.75) is 6.92 Å². The number of pyridine rings is 1. The Morgan fingerprint density at radius 1 is 1.25 bits per heavy atom. The molecule has 0 bridgehead atoms. The van der Waals surface area contributed by atoms with Crippen LogP contribution in [0.5, 0.6) is 0 Å². The monoisotopic (exact) mass is 247 g/mol. The first kappa shape index (κ1) is 10.9. The van der Waals surface area contributed by atoms with Crippen molar-refractivity contribution >= 4 is 11.6 Å². The summed E-state index contributed by atoms with van der Waals surface area (Å²) in [5, 5.41) is 4.09. The molecule has 0 radical (unpaired) electrons. The first-order valence-electron chi connectivity index (χ1n) is 4.22. The molecule has 0 amide bonds. The van der Waals surface area contributed by atoms with E-state index in [-0.39, 0.29) is 5.02 Å². The maximum absolute atomic E-state index is 13.3. The molecule has 0 saturated heterocycles. The molecule has 84 valence electrons. The molecule has 3 nitrogen and oxygen atoms in total. The molecule has 0 saturated carbocycles. The normalized spacial score (nSPS) is 10.8. The standard InChI is InChI=1S/C9H5ClF3N3/c1-4-5(10)3-16(15-4)9-7(12)2-6(11)8(13)14-9/h2-3H,1H3. The van der Waals surface area contributed by atoms with E-state index in [9.17, 15) is 13.2 Å². The molecule has 7 heteroatoms. The molecule has 0 aliphatic carbocycles. The minimum absolute atomic E-state index is 0.283. The van der Waals surface area contributed by atoms with Crippen molar-refractivity contribution in [3.05, 3.63) is 40.6 Å². The minimum atomic E-state index is -1.39. The molecular weight excluding hydrogens is 243 g/mol. The van der Waals surface area contributed by atoms with Crippen LogP contribution in [0.1, 0.15) is 5.69 Å². The van der Waals surface area contributed by atoms with Gasteiger partial charge in [-0.05, 0) is 6.92 Å². The van der Waals surface area contributed by atoms with Gasteiger partial charge in [0.25, 0.3) is 5.95 Å². The SMILES string of the molecule is Cc1nn(-c2nc(F)c(F)cc2F)cc1Cl. The Bertz CT molecular complexity index is 534. The first-order valence-corrected chi connectivity index (χ1v) is 4.60. The van der Waals surface area contributed by atoms with Gasteiger partial charge in [0.05, 0.1) is 16.9 Å². The summed E-state index contributed by atoms with van der Waals surface area (Å²) < 4.78 is 39.7. The molecule has 2 aromatic rings. The van der Waals surface area contributed by atoms with Gasteiger partial charge in [-0.15, -0.1) is 0 Å². The fourth-order valence-corrected chi connectivity index (χ4v) is 1.27. The number of aryl methyl sites for hydroxylation is 1. The van der Waals surface area contributed by atoms with E-state index in [0.29, 0.717) is 11.8 Å². The Labute approximate surface area is 93.5 Å². The van der Waals surface area contributed by atoms with Gasteiger partial charge in [0.15, 0.2) is 17.5 Å². The van der Waals surface area contributed by atoms with Gasteiger partial charge in [0.2, 0.25) is 0 Å². The van der Waals surface area contributed by atoms with Crippen LogP contribution in [-0.2, 0) is 0 Å². The van der Waals surface area contributed by atoms with Crippen molar-refractivity contribution in [3.8, 4) is 5.82 Å². The zero-order valence-corrected chi connectivity index (χ0v) is 8.76. The Morgan fingerprint density at radius 2 is 1.94 bits per heavy atom. The molecule has 0 fully saturated rings. The predicted octanol–water partition coefficient (Wildman–Crippen LogP) is 2.65. The average Bonchev–Trinajstić information content (AvgIpc) is 2.53. The van der Waals surface area contributed by atoms with Gasteiger partial charge in [0.1, 0.15) is 0 Å². The average molecular weight is 248 g/mol. The second-order valence-corrected chi connectivity index (χ2v) is 3.48. The summed E-state index contributed by atoms with van der Waals surface area (Å²) in [6, 6.07) is 0.405. The summed E-state index contributed by atoms with van der Waals surface area (Å²) in [4.78, 5) is 3.12. The minimum Gasteiger partial charge on any atom is -0.218 e. The van der Waals surface area contributed by atoms with Gasteiger partial charge >= 0.3 is 0 Å². The number of aromatic nitrogens is 3. The number of hydrogen-bond donors (Lipinski definition) is 0. The van der Waals surface area contributed by atoms with Crippen LogP contribution in [0.3, 0.4) is 0 Å². The predicted molar refractivity (Wildman–Crippen MR) is 51.0 cm³/mol. The van der Waals surface area contributed by atoms with E-state index in [1.54, 1.807) is 6.92 Å². The lowest BCUT2D eigenvalue weighted by atomic mass is 10.4. The lowest BCUT2D eigenvalue weighted by Crippen LogP contribution is -2.05. The highest BCUT2D eigenvalue weighted by Crippen LogP contribution is 2.18. The van der Waals surface area contributed by atoms with Crippen molar-refractivity contribution in [3.63, 3.8) is 0 Å². The van der Waals surface area contributed by atoms with Crippen molar-refractivity contribution in [1.82, 2.24) is 14.8 Å². The van der Waals surface area contributed by atoms with Crippen LogP contribution in [0.25, 0.3) is 5.82 Å². The summed E-state index contributed by atoms with van der Waals surface area (Å²) in [6.07, 6.45) is 1.26. The zero-order chi connectivity index (χ0) is 11.9. The van der Waals surface area contributed by atoms with Gasteiger partial charge in [-0.2, -0.15) is 14.5 Å². The lowest BCUT2D eigenvalue weighted by Gasteiger charge is -2.02. The lowest BCUT2D eigenvalue weighted by molar-refractivity contribution is 0.458. The summed E-state index contributed by atoms with van der Waals surface area (Å²) >= 11 is 5.70. The van der Waals surface area contributed by atoms with E-state index >= 15 is 0 Å². The highest BCUT2D eigenvalue weighted by Gasteiger charge is 2.15.